The molecule has 3 aromatic rings. The summed E-state index contributed by atoms with van der Waals surface area (Å²) >= 11 is 0. The van der Waals surface area contributed by atoms with Crippen LogP contribution in [-0.2, 0) is 15.1 Å². The van der Waals surface area contributed by atoms with Gasteiger partial charge in [-0.05, 0) is 38.1 Å². The van der Waals surface area contributed by atoms with Crippen molar-refractivity contribution in [2.45, 2.75) is 19.4 Å². The number of ether oxygens (including phenoxy) is 1. The fourth-order valence-electron chi connectivity index (χ4n) is 3.93. The number of benzene rings is 3. The van der Waals surface area contributed by atoms with Crippen LogP contribution in [0.1, 0.15) is 19.4 Å². The quantitative estimate of drug-likeness (QED) is 0.313. The molecule has 1 unspecified atom stereocenters. The molecule has 4 rings (SSSR count). The van der Waals surface area contributed by atoms with Crippen LogP contribution in [0.5, 0.6) is 0 Å². The molecule has 3 aromatic carbocycles. The Morgan fingerprint density at radius 2 is 1.38 bits per heavy atom. The summed E-state index contributed by atoms with van der Waals surface area (Å²) in [5, 5.41) is 36.1. The van der Waals surface area contributed by atoms with Crippen molar-refractivity contribution in [1.82, 2.24) is 0 Å². The van der Waals surface area contributed by atoms with Crippen molar-refractivity contribution in [1.29, 1.82) is 0 Å². The van der Waals surface area contributed by atoms with Crippen LogP contribution in [0.25, 0.3) is 0 Å². The highest BCUT2D eigenvalue weighted by Crippen LogP contribution is 2.41. The number of rotatable bonds is 8. The monoisotopic (exact) mass is 505 g/mol. The highest BCUT2D eigenvalue weighted by Gasteiger charge is 2.40. The number of hydrazine groups is 1. The van der Waals surface area contributed by atoms with Crippen molar-refractivity contribution < 1.29 is 24.3 Å². The third-order valence-corrected chi connectivity index (χ3v) is 5.77. The van der Waals surface area contributed by atoms with Gasteiger partial charge in [0, 0.05) is 11.6 Å². The van der Waals surface area contributed by atoms with E-state index < -0.39 is 43.1 Å². The van der Waals surface area contributed by atoms with Crippen molar-refractivity contribution >= 4 is 39.9 Å². The SMILES string of the molecule is CC1=CC(=O)C(C)(c2ccc(N(Nc3c([N+](=O)[O-])cc([N+](=O)[O-])cc3[N+](=O)[O-])c3ccccc3)cc2)O1. The van der Waals surface area contributed by atoms with E-state index in [0.29, 0.717) is 34.8 Å². The molecule has 0 fully saturated rings. The molecule has 0 saturated heterocycles. The number of nitro benzene ring substituents is 3. The molecule has 1 atom stereocenters. The number of para-hydroxylation sites is 1. The van der Waals surface area contributed by atoms with E-state index in [2.05, 4.69) is 5.43 Å². The summed E-state index contributed by atoms with van der Waals surface area (Å²) in [6, 6.07) is 16.2. The summed E-state index contributed by atoms with van der Waals surface area (Å²) in [4.78, 5) is 44.4. The second-order valence-electron chi connectivity index (χ2n) is 8.21. The zero-order chi connectivity index (χ0) is 26.9. The van der Waals surface area contributed by atoms with Crippen LogP contribution >= 0.6 is 0 Å². The van der Waals surface area contributed by atoms with Crippen LogP contribution < -0.4 is 10.4 Å². The fraction of sp³-hybridized carbons (Fsp3) is 0.125. The lowest BCUT2D eigenvalue weighted by atomic mass is 9.92. The Balaban J connectivity index is 1.82. The number of hydrogen-bond acceptors (Lipinski definition) is 10. The molecule has 1 N–H and O–H groups in total. The van der Waals surface area contributed by atoms with Gasteiger partial charge in [-0.2, -0.15) is 0 Å². The Labute approximate surface area is 209 Å². The summed E-state index contributed by atoms with van der Waals surface area (Å²) in [6.07, 6.45) is 1.40. The van der Waals surface area contributed by atoms with E-state index in [1.54, 1.807) is 68.4 Å². The lowest BCUT2D eigenvalue weighted by Crippen LogP contribution is -2.30. The summed E-state index contributed by atoms with van der Waals surface area (Å²) in [6.45, 7) is 3.30. The van der Waals surface area contributed by atoms with Crippen molar-refractivity contribution in [3.05, 3.63) is 114 Å². The van der Waals surface area contributed by atoms with E-state index in [1.807, 2.05) is 0 Å². The van der Waals surface area contributed by atoms with E-state index in [-0.39, 0.29) is 5.78 Å². The van der Waals surface area contributed by atoms with Crippen molar-refractivity contribution in [3.63, 3.8) is 0 Å². The lowest BCUT2D eigenvalue weighted by molar-refractivity contribution is -0.401. The Morgan fingerprint density at radius 1 is 0.838 bits per heavy atom. The maximum atomic E-state index is 12.5. The zero-order valence-electron chi connectivity index (χ0n) is 19.5. The average Bonchev–Trinajstić information content (AvgIpc) is 3.14. The van der Waals surface area contributed by atoms with E-state index in [0.717, 1.165) is 0 Å². The molecular weight excluding hydrogens is 486 g/mol. The zero-order valence-corrected chi connectivity index (χ0v) is 19.5. The molecule has 0 saturated carbocycles. The largest absolute Gasteiger partial charge is 0.479 e. The van der Waals surface area contributed by atoms with E-state index in [9.17, 15) is 35.1 Å². The van der Waals surface area contributed by atoms with Gasteiger partial charge in [0.15, 0.2) is 5.60 Å². The number of allylic oxidation sites excluding steroid dienone is 1. The average molecular weight is 505 g/mol. The minimum absolute atomic E-state index is 0.229. The van der Waals surface area contributed by atoms with Gasteiger partial charge >= 0.3 is 11.4 Å². The highest BCUT2D eigenvalue weighted by atomic mass is 16.6. The number of non-ortho nitro benzene ring substituents is 1. The molecule has 0 bridgehead atoms. The third-order valence-electron chi connectivity index (χ3n) is 5.77. The molecular formula is C24H19N5O8. The Kier molecular flexibility index (Phi) is 6.28. The molecule has 13 heteroatoms. The van der Waals surface area contributed by atoms with Gasteiger partial charge in [-0.15, -0.1) is 0 Å². The summed E-state index contributed by atoms with van der Waals surface area (Å²) in [5.74, 6) is 0.245. The molecule has 0 aromatic heterocycles. The summed E-state index contributed by atoms with van der Waals surface area (Å²) in [5.41, 5.74) is -0.145. The van der Waals surface area contributed by atoms with Gasteiger partial charge < -0.3 is 4.74 Å². The predicted molar refractivity (Wildman–Crippen MR) is 132 cm³/mol. The first-order valence-electron chi connectivity index (χ1n) is 10.8. The molecule has 1 aliphatic rings. The second-order valence-corrected chi connectivity index (χ2v) is 8.21. The van der Waals surface area contributed by atoms with Crippen LogP contribution in [0.15, 0.2) is 78.6 Å². The van der Waals surface area contributed by atoms with Gasteiger partial charge in [0.2, 0.25) is 11.5 Å². The molecule has 188 valence electrons. The minimum Gasteiger partial charge on any atom is -0.479 e. The number of hydrogen-bond donors (Lipinski definition) is 1. The first-order chi connectivity index (χ1) is 17.5. The number of carbonyl (C=O) groups is 1. The highest BCUT2D eigenvalue weighted by molar-refractivity contribution is 5.99. The number of nitro groups is 3. The Morgan fingerprint density at radius 3 is 1.84 bits per heavy atom. The molecule has 0 amide bonds. The number of anilines is 3. The Bertz CT molecular complexity index is 1420. The smallest absolute Gasteiger partial charge is 0.308 e. The second kappa shape index (κ2) is 9.37. The van der Waals surface area contributed by atoms with Crippen LogP contribution in [0.4, 0.5) is 34.1 Å². The third kappa shape index (κ3) is 4.65. The topological polar surface area (TPSA) is 171 Å². The van der Waals surface area contributed by atoms with Gasteiger partial charge in [-0.25, -0.2) is 0 Å². The normalized spacial score (nSPS) is 16.5. The van der Waals surface area contributed by atoms with Gasteiger partial charge in [0.1, 0.15) is 0 Å². The number of nitrogens with one attached hydrogen (secondary N) is 1. The van der Waals surface area contributed by atoms with E-state index >= 15 is 0 Å². The van der Waals surface area contributed by atoms with Crippen molar-refractivity contribution in [2.75, 3.05) is 10.4 Å². The van der Waals surface area contributed by atoms with Gasteiger partial charge in [-0.1, -0.05) is 30.3 Å². The molecule has 1 heterocycles. The van der Waals surface area contributed by atoms with Crippen molar-refractivity contribution in [2.24, 2.45) is 0 Å². The molecule has 37 heavy (non-hydrogen) atoms. The number of carbonyl (C=O) groups excluding carboxylic acids is 1. The number of nitrogens with zero attached hydrogens (tertiary/aromatic N) is 4. The predicted octanol–water partition coefficient (Wildman–Crippen LogP) is 5.29. The fourth-order valence-corrected chi connectivity index (χ4v) is 3.93. The standard InChI is InChI=1S/C24H19N5O8/c1-15-12-22(30)24(2,37-15)16-8-10-18(11-9-16)26(17-6-4-3-5-7-17)25-23-20(28(33)34)13-19(27(31)32)14-21(23)29(35)36/h3-14,25H,1-2H3. The lowest BCUT2D eigenvalue weighted by Gasteiger charge is -2.28. The van der Waals surface area contributed by atoms with Gasteiger partial charge in [-0.3, -0.25) is 45.6 Å². The van der Waals surface area contributed by atoms with E-state index in [4.69, 9.17) is 4.74 Å². The van der Waals surface area contributed by atoms with Gasteiger partial charge in [0.25, 0.3) is 5.69 Å². The molecule has 0 radical (unpaired) electrons. The first-order valence-corrected chi connectivity index (χ1v) is 10.8. The van der Waals surface area contributed by atoms with Crippen LogP contribution in [0.2, 0.25) is 0 Å². The number of ketones is 1. The molecule has 0 spiro atoms. The van der Waals surface area contributed by atoms with E-state index in [1.165, 1.54) is 11.1 Å². The molecule has 13 nitrogen and oxygen atoms in total. The first kappa shape index (κ1) is 24.8. The Hall–Kier alpha value is -5.33. The maximum absolute atomic E-state index is 12.5. The van der Waals surface area contributed by atoms with Gasteiger partial charge in [0.05, 0.1) is 44.0 Å². The summed E-state index contributed by atoms with van der Waals surface area (Å²) < 4.78 is 5.72. The maximum Gasteiger partial charge on any atom is 0.308 e. The van der Waals surface area contributed by atoms with Crippen LogP contribution in [-0.4, -0.2) is 20.6 Å². The minimum atomic E-state index is -1.22. The van der Waals surface area contributed by atoms with Crippen LogP contribution in [0, 0.1) is 30.3 Å². The molecule has 0 aliphatic carbocycles. The van der Waals surface area contributed by atoms with Crippen LogP contribution in [0.3, 0.4) is 0 Å². The van der Waals surface area contributed by atoms with Crippen molar-refractivity contribution in [3.8, 4) is 0 Å². The summed E-state index contributed by atoms with van der Waals surface area (Å²) in [7, 11) is 0. The molecule has 1 aliphatic heterocycles.